The number of aryl methyl sites for hydroxylation is 1. The van der Waals surface area contributed by atoms with E-state index in [0.717, 1.165) is 24.3 Å². The van der Waals surface area contributed by atoms with Crippen molar-refractivity contribution < 1.29 is 0 Å². The predicted molar refractivity (Wildman–Crippen MR) is 92.6 cm³/mol. The summed E-state index contributed by atoms with van der Waals surface area (Å²) in [4.78, 5) is 0. The van der Waals surface area contributed by atoms with E-state index in [9.17, 15) is 0 Å². The Morgan fingerprint density at radius 2 is 1.90 bits per heavy atom. The zero-order valence-electron chi connectivity index (χ0n) is 14.6. The zero-order valence-corrected chi connectivity index (χ0v) is 14.6. The standard InChI is InChI=1S/C20H33N/c1-6-12-21-20(18-11-10-14(2)16(4)13-18)19-9-7-8-15(3)17(19)5/h7-9,14,16,18,20-21H,6,10-13H2,1-5H3. The molecular weight excluding hydrogens is 254 g/mol. The molecule has 0 saturated heterocycles. The van der Waals surface area contributed by atoms with Crippen LogP contribution in [-0.4, -0.2) is 6.54 Å². The third-order valence-electron chi connectivity index (χ3n) is 5.71. The Kier molecular flexibility index (Phi) is 5.87. The van der Waals surface area contributed by atoms with Gasteiger partial charge in [-0.1, -0.05) is 45.4 Å². The Labute approximate surface area is 131 Å². The van der Waals surface area contributed by atoms with E-state index in [2.05, 4.69) is 58.1 Å². The highest BCUT2D eigenvalue weighted by atomic mass is 14.9. The van der Waals surface area contributed by atoms with Gasteiger partial charge in [-0.15, -0.1) is 0 Å². The molecule has 1 nitrogen and oxygen atoms in total. The summed E-state index contributed by atoms with van der Waals surface area (Å²) < 4.78 is 0. The van der Waals surface area contributed by atoms with Crippen LogP contribution in [0.15, 0.2) is 18.2 Å². The summed E-state index contributed by atoms with van der Waals surface area (Å²) in [6.07, 6.45) is 5.34. The number of rotatable bonds is 5. The second-order valence-electron chi connectivity index (χ2n) is 7.25. The maximum Gasteiger partial charge on any atom is 0.0351 e. The Bertz CT molecular complexity index is 451. The molecule has 1 fully saturated rings. The number of hydrogen-bond acceptors (Lipinski definition) is 1. The minimum absolute atomic E-state index is 0.541. The largest absolute Gasteiger partial charge is 0.310 e. The molecule has 0 aliphatic heterocycles. The molecule has 1 aliphatic carbocycles. The van der Waals surface area contributed by atoms with Gasteiger partial charge < -0.3 is 5.32 Å². The lowest BCUT2D eigenvalue weighted by Gasteiger charge is -2.38. The minimum atomic E-state index is 0.541. The van der Waals surface area contributed by atoms with Crippen LogP contribution in [-0.2, 0) is 0 Å². The fraction of sp³-hybridized carbons (Fsp3) is 0.700. The Balaban J connectivity index is 2.23. The van der Waals surface area contributed by atoms with Crippen LogP contribution >= 0.6 is 0 Å². The Morgan fingerprint density at radius 1 is 1.14 bits per heavy atom. The van der Waals surface area contributed by atoms with Gasteiger partial charge in [-0.05, 0) is 74.1 Å². The lowest BCUT2D eigenvalue weighted by atomic mass is 9.71. The van der Waals surface area contributed by atoms with Crippen LogP contribution in [0.5, 0.6) is 0 Å². The Hall–Kier alpha value is -0.820. The van der Waals surface area contributed by atoms with Crippen LogP contribution in [0.1, 0.15) is 69.2 Å². The van der Waals surface area contributed by atoms with Gasteiger partial charge in [-0.3, -0.25) is 0 Å². The molecule has 0 amide bonds. The first-order chi connectivity index (χ1) is 10.0. The molecular formula is C20H33N. The van der Waals surface area contributed by atoms with Gasteiger partial charge >= 0.3 is 0 Å². The van der Waals surface area contributed by atoms with Crippen LogP contribution in [0.3, 0.4) is 0 Å². The lowest BCUT2D eigenvalue weighted by Crippen LogP contribution is -2.34. The molecule has 1 heteroatoms. The van der Waals surface area contributed by atoms with E-state index in [1.165, 1.54) is 42.4 Å². The molecule has 0 aromatic heterocycles. The molecule has 21 heavy (non-hydrogen) atoms. The average molecular weight is 287 g/mol. The summed E-state index contributed by atoms with van der Waals surface area (Å²) >= 11 is 0. The van der Waals surface area contributed by atoms with Gasteiger partial charge in [-0.2, -0.15) is 0 Å². The third kappa shape index (κ3) is 3.88. The topological polar surface area (TPSA) is 12.0 Å². The molecule has 0 spiro atoms. The number of benzene rings is 1. The van der Waals surface area contributed by atoms with Gasteiger partial charge in [-0.25, -0.2) is 0 Å². The maximum atomic E-state index is 3.86. The van der Waals surface area contributed by atoms with E-state index >= 15 is 0 Å². The lowest BCUT2D eigenvalue weighted by molar-refractivity contribution is 0.171. The highest BCUT2D eigenvalue weighted by molar-refractivity contribution is 5.35. The van der Waals surface area contributed by atoms with E-state index in [1.807, 2.05) is 0 Å². The van der Waals surface area contributed by atoms with Crippen molar-refractivity contribution in [2.75, 3.05) is 6.54 Å². The molecule has 1 N–H and O–H groups in total. The maximum absolute atomic E-state index is 3.86. The number of hydrogen-bond donors (Lipinski definition) is 1. The van der Waals surface area contributed by atoms with Gasteiger partial charge in [0.05, 0.1) is 0 Å². The molecule has 1 aliphatic rings. The predicted octanol–water partition coefficient (Wildman–Crippen LogP) is 5.42. The van der Waals surface area contributed by atoms with Crippen molar-refractivity contribution in [3.63, 3.8) is 0 Å². The average Bonchev–Trinajstić information content (AvgIpc) is 2.47. The van der Waals surface area contributed by atoms with Crippen LogP contribution in [0, 0.1) is 31.6 Å². The quantitative estimate of drug-likeness (QED) is 0.763. The summed E-state index contributed by atoms with van der Waals surface area (Å²) in [6, 6.07) is 7.35. The van der Waals surface area contributed by atoms with Crippen molar-refractivity contribution >= 4 is 0 Å². The molecule has 1 aromatic carbocycles. The molecule has 1 aromatic rings. The molecule has 118 valence electrons. The molecule has 0 radical (unpaired) electrons. The van der Waals surface area contributed by atoms with Crippen LogP contribution < -0.4 is 5.32 Å². The second kappa shape index (κ2) is 7.45. The second-order valence-corrected chi connectivity index (χ2v) is 7.25. The summed E-state index contributed by atoms with van der Waals surface area (Å²) in [5.74, 6) is 2.55. The summed E-state index contributed by atoms with van der Waals surface area (Å²) in [6.45, 7) is 12.8. The van der Waals surface area contributed by atoms with E-state index < -0.39 is 0 Å². The van der Waals surface area contributed by atoms with Crippen molar-refractivity contribution in [2.45, 2.75) is 66.3 Å². The van der Waals surface area contributed by atoms with Crippen LogP contribution in [0.4, 0.5) is 0 Å². The van der Waals surface area contributed by atoms with Crippen molar-refractivity contribution in [3.05, 3.63) is 34.9 Å². The molecule has 4 atom stereocenters. The first-order valence-corrected chi connectivity index (χ1v) is 8.84. The first kappa shape index (κ1) is 16.5. The first-order valence-electron chi connectivity index (χ1n) is 8.84. The number of nitrogens with one attached hydrogen (secondary N) is 1. The highest BCUT2D eigenvalue weighted by Crippen LogP contribution is 2.40. The van der Waals surface area contributed by atoms with Gasteiger partial charge in [0, 0.05) is 6.04 Å². The third-order valence-corrected chi connectivity index (χ3v) is 5.71. The smallest absolute Gasteiger partial charge is 0.0351 e. The zero-order chi connectivity index (χ0) is 15.4. The van der Waals surface area contributed by atoms with Crippen molar-refractivity contribution in [1.29, 1.82) is 0 Å². The molecule has 1 saturated carbocycles. The minimum Gasteiger partial charge on any atom is -0.310 e. The fourth-order valence-electron chi connectivity index (χ4n) is 3.83. The van der Waals surface area contributed by atoms with Gasteiger partial charge in [0.1, 0.15) is 0 Å². The summed E-state index contributed by atoms with van der Waals surface area (Å²) in [7, 11) is 0. The van der Waals surface area contributed by atoms with Gasteiger partial charge in [0.2, 0.25) is 0 Å². The summed E-state index contributed by atoms with van der Waals surface area (Å²) in [5, 5.41) is 3.86. The van der Waals surface area contributed by atoms with Crippen LogP contribution in [0.2, 0.25) is 0 Å². The van der Waals surface area contributed by atoms with Gasteiger partial charge in [0.15, 0.2) is 0 Å². The highest BCUT2D eigenvalue weighted by Gasteiger charge is 2.31. The van der Waals surface area contributed by atoms with E-state index in [1.54, 1.807) is 0 Å². The van der Waals surface area contributed by atoms with Crippen molar-refractivity contribution in [3.8, 4) is 0 Å². The normalized spacial score (nSPS) is 27.6. The van der Waals surface area contributed by atoms with Crippen LogP contribution in [0.25, 0.3) is 0 Å². The van der Waals surface area contributed by atoms with Crippen molar-refractivity contribution in [1.82, 2.24) is 5.32 Å². The van der Waals surface area contributed by atoms with E-state index in [0.29, 0.717) is 6.04 Å². The Morgan fingerprint density at radius 3 is 2.57 bits per heavy atom. The van der Waals surface area contributed by atoms with E-state index in [4.69, 9.17) is 0 Å². The van der Waals surface area contributed by atoms with Gasteiger partial charge in [0.25, 0.3) is 0 Å². The van der Waals surface area contributed by atoms with Crippen molar-refractivity contribution in [2.24, 2.45) is 17.8 Å². The molecule has 0 bridgehead atoms. The molecule has 0 heterocycles. The summed E-state index contributed by atoms with van der Waals surface area (Å²) in [5.41, 5.74) is 4.45. The van der Waals surface area contributed by atoms with E-state index in [-0.39, 0.29) is 0 Å². The molecule has 4 unspecified atom stereocenters. The fourth-order valence-corrected chi connectivity index (χ4v) is 3.83. The SMILES string of the molecule is CCCNC(c1cccc(C)c1C)C1CCC(C)C(C)C1. The monoisotopic (exact) mass is 287 g/mol. The molecule has 2 rings (SSSR count).